The number of aromatic nitrogens is 1. The number of anilines is 1. The third-order valence-electron chi connectivity index (χ3n) is 2.59. The molecule has 1 aromatic heterocycles. The van der Waals surface area contributed by atoms with Gasteiger partial charge in [-0.15, -0.1) is 0 Å². The van der Waals surface area contributed by atoms with Gasteiger partial charge in [-0.05, 0) is 24.6 Å². The summed E-state index contributed by atoms with van der Waals surface area (Å²) in [5.74, 6) is -24.3. The van der Waals surface area contributed by atoms with Crippen LogP contribution in [0.3, 0.4) is 0 Å². The van der Waals surface area contributed by atoms with Crippen LogP contribution in [0, 0.1) is 6.92 Å². The van der Waals surface area contributed by atoms with Gasteiger partial charge in [-0.3, -0.25) is 4.79 Å². The van der Waals surface area contributed by atoms with Crippen molar-refractivity contribution in [2.75, 3.05) is 5.32 Å². The molecular weight excluding hydrogens is 347 g/mol. The molecule has 1 heterocycles. The van der Waals surface area contributed by atoms with Crippen molar-refractivity contribution in [3.63, 3.8) is 0 Å². The van der Waals surface area contributed by atoms with E-state index in [0.717, 1.165) is 17.6 Å². The van der Waals surface area contributed by atoms with E-state index in [2.05, 4.69) is 4.98 Å². The van der Waals surface area contributed by atoms with Gasteiger partial charge in [0.15, 0.2) is 0 Å². The summed E-state index contributed by atoms with van der Waals surface area (Å²) < 4.78 is 113. The van der Waals surface area contributed by atoms with Gasteiger partial charge >= 0.3 is 29.9 Å². The maximum absolute atomic E-state index is 13.2. The summed E-state index contributed by atoms with van der Waals surface area (Å²) in [6.07, 6.45) is -6.02. The van der Waals surface area contributed by atoms with Crippen LogP contribution < -0.4 is 5.32 Å². The number of carbonyl (C=O) groups excluding carboxylic acids is 1. The minimum atomic E-state index is -7.12. The zero-order valence-electron chi connectivity index (χ0n) is 11.0. The van der Waals surface area contributed by atoms with E-state index < -0.39 is 35.7 Å². The maximum atomic E-state index is 13.2. The summed E-state index contributed by atoms with van der Waals surface area (Å²) in [6.45, 7) is 1.39. The Kier molecular flexibility index (Phi) is 4.61. The molecule has 0 aliphatic heterocycles. The van der Waals surface area contributed by atoms with Crippen molar-refractivity contribution in [3.8, 4) is 0 Å². The van der Waals surface area contributed by atoms with Crippen molar-refractivity contribution >= 4 is 11.7 Å². The molecule has 0 radical (unpaired) electrons. The average molecular weight is 354 g/mol. The van der Waals surface area contributed by atoms with Gasteiger partial charge < -0.3 is 5.32 Å². The number of alkyl halides is 9. The largest absolute Gasteiger partial charge is 0.460 e. The SMILES string of the molecule is Cc1ccnc(NC(=O)C(F)(F)C(F)(F)C(F)(F)C(F)(F)F)c1. The second-order valence-electron chi connectivity index (χ2n) is 4.39. The lowest BCUT2D eigenvalue weighted by molar-refractivity contribution is -0.388. The molecule has 0 aliphatic rings. The summed E-state index contributed by atoms with van der Waals surface area (Å²) in [4.78, 5) is 14.4. The van der Waals surface area contributed by atoms with E-state index in [9.17, 15) is 44.3 Å². The molecule has 12 heteroatoms. The number of amides is 1. The molecule has 1 rings (SSSR count). The fourth-order valence-corrected chi connectivity index (χ4v) is 1.32. The second-order valence-corrected chi connectivity index (χ2v) is 4.39. The lowest BCUT2D eigenvalue weighted by atomic mass is 10.0. The van der Waals surface area contributed by atoms with Crippen molar-refractivity contribution in [3.05, 3.63) is 23.9 Å². The Balaban J connectivity index is 3.16. The molecule has 0 bridgehead atoms. The van der Waals surface area contributed by atoms with Crippen LogP contribution in [-0.2, 0) is 4.79 Å². The Hall–Kier alpha value is -2.01. The van der Waals surface area contributed by atoms with Crippen molar-refractivity contribution in [2.45, 2.75) is 30.9 Å². The molecule has 23 heavy (non-hydrogen) atoms. The molecule has 1 N–H and O–H groups in total. The lowest BCUT2D eigenvalue weighted by Crippen LogP contribution is -2.64. The van der Waals surface area contributed by atoms with E-state index in [1.807, 2.05) is 0 Å². The second kappa shape index (κ2) is 5.57. The Morgan fingerprint density at radius 3 is 1.96 bits per heavy atom. The molecule has 0 spiro atoms. The zero-order chi connectivity index (χ0) is 18.3. The number of nitrogens with one attached hydrogen (secondary N) is 1. The Morgan fingerprint density at radius 1 is 1.00 bits per heavy atom. The molecule has 0 aliphatic carbocycles. The molecule has 0 aromatic carbocycles. The smallest absolute Gasteiger partial charge is 0.305 e. The van der Waals surface area contributed by atoms with Crippen LogP contribution in [0.2, 0.25) is 0 Å². The quantitative estimate of drug-likeness (QED) is 0.836. The highest BCUT2D eigenvalue weighted by Crippen LogP contribution is 2.53. The number of rotatable bonds is 4. The van der Waals surface area contributed by atoms with Crippen LogP contribution in [-0.4, -0.2) is 34.8 Å². The normalized spacial score (nSPS) is 13.8. The van der Waals surface area contributed by atoms with Crippen LogP contribution in [0.15, 0.2) is 18.3 Å². The van der Waals surface area contributed by atoms with E-state index in [0.29, 0.717) is 5.56 Å². The van der Waals surface area contributed by atoms with Crippen molar-refractivity contribution in [1.29, 1.82) is 0 Å². The summed E-state index contributed by atoms with van der Waals surface area (Å²) in [7, 11) is 0. The third-order valence-corrected chi connectivity index (χ3v) is 2.59. The Morgan fingerprint density at radius 2 is 1.52 bits per heavy atom. The molecule has 130 valence electrons. The molecule has 0 unspecified atom stereocenters. The van der Waals surface area contributed by atoms with Gasteiger partial charge in [-0.25, -0.2) is 4.98 Å². The topological polar surface area (TPSA) is 42.0 Å². The fraction of sp³-hybridized carbons (Fsp3) is 0.455. The van der Waals surface area contributed by atoms with Crippen molar-refractivity contribution in [1.82, 2.24) is 4.98 Å². The van der Waals surface area contributed by atoms with E-state index in [1.54, 1.807) is 0 Å². The molecule has 3 nitrogen and oxygen atoms in total. The predicted octanol–water partition coefficient (Wildman–Crippen LogP) is 3.80. The van der Waals surface area contributed by atoms with Crippen LogP contribution in [0.1, 0.15) is 5.56 Å². The van der Waals surface area contributed by atoms with Crippen molar-refractivity contribution in [2.24, 2.45) is 0 Å². The molecule has 0 saturated carbocycles. The first kappa shape index (κ1) is 19.0. The van der Waals surface area contributed by atoms with Crippen LogP contribution >= 0.6 is 0 Å². The van der Waals surface area contributed by atoms with Gasteiger partial charge in [0.1, 0.15) is 5.82 Å². The van der Waals surface area contributed by atoms with Crippen LogP contribution in [0.25, 0.3) is 0 Å². The highest BCUT2D eigenvalue weighted by Gasteiger charge is 2.83. The summed E-state index contributed by atoms with van der Waals surface area (Å²) in [6, 6.07) is 2.23. The monoisotopic (exact) mass is 354 g/mol. The average Bonchev–Trinajstić information content (AvgIpc) is 2.36. The number of aryl methyl sites for hydroxylation is 1. The molecule has 0 fully saturated rings. The Bertz CT molecular complexity index is 597. The molecule has 1 amide bonds. The van der Waals surface area contributed by atoms with Gasteiger partial charge in [0.05, 0.1) is 0 Å². The minimum Gasteiger partial charge on any atom is -0.305 e. The lowest BCUT2D eigenvalue weighted by Gasteiger charge is -2.32. The first-order valence-corrected chi connectivity index (χ1v) is 5.59. The number of hydrogen-bond acceptors (Lipinski definition) is 2. The Labute approximate surface area is 122 Å². The molecule has 1 aromatic rings. The highest BCUT2D eigenvalue weighted by molar-refractivity contribution is 5.96. The van der Waals surface area contributed by atoms with E-state index >= 15 is 0 Å². The van der Waals surface area contributed by atoms with Crippen LogP contribution in [0.5, 0.6) is 0 Å². The summed E-state index contributed by atoms with van der Waals surface area (Å²) in [5, 5.41) is 1.07. The number of carbonyl (C=O) groups is 1. The third kappa shape index (κ3) is 3.20. The van der Waals surface area contributed by atoms with E-state index in [-0.39, 0.29) is 0 Å². The van der Waals surface area contributed by atoms with Gasteiger partial charge in [0.2, 0.25) is 0 Å². The van der Waals surface area contributed by atoms with E-state index in [1.165, 1.54) is 13.0 Å². The number of hydrogen-bond donors (Lipinski definition) is 1. The zero-order valence-corrected chi connectivity index (χ0v) is 11.0. The van der Waals surface area contributed by atoms with Crippen molar-refractivity contribution < 1.29 is 44.3 Å². The standard InChI is InChI=1S/C11H7F9N2O/c1-5-2-3-21-6(4-5)22-7(23)8(12,13)9(14,15)10(16,17)11(18,19)20/h2-4H,1H3,(H,21,22,23). The van der Waals surface area contributed by atoms with Gasteiger partial charge in [0, 0.05) is 6.20 Å². The first-order valence-electron chi connectivity index (χ1n) is 5.59. The molecular formula is C11H7F9N2O. The highest BCUT2D eigenvalue weighted by atomic mass is 19.4. The van der Waals surface area contributed by atoms with Crippen LogP contribution in [0.4, 0.5) is 45.3 Å². The maximum Gasteiger partial charge on any atom is 0.460 e. The summed E-state index contributed by atoms with van der Waals surface area (Å²) in [5.41, 5.74) is 0.325. The van der Waals surface area contributed by atoms with Gasteiger partial charge in [0.25, 0.3) is 0 Å². The van der Waals surface area contributed by atoms with Gasteiger partial charge in [-0.2, -0.15) is 39.5 Å². The number of pyridine rings is 1. The van der Waals surface area contributed by atoms with E-state index in [4.69, 9.17) is 0 Å². The number of nitrogens with zero attached hydrogens (tertiary/aromatic N) is 1. The molecule has 0 atom stereocenters. The molecule has 0 saturated heterocycles. The van der Waals surface area contributed by atoms with Gasteiger partial charge in [-0.1, -0.05) is 0 Å². The first-order chi connectivity index (χ1) is 10.1. The fourth-order valence-electron chi connectivity index (χ4n) is 1.32. The summed E-state index contributed by atoms with van der Waals surface area (Å²) >= 11 is 0. The number of halogens is 9. The minimum absolute atomic E-state index is 0.325. The predicted molar refractivity (Wildman–Crippen MR) is 58.5 cm³/mol.